The SMILES string of the molecule is CC(C)(C)OC(=O)N1[C@H]2CC[C@@H]1[C@@](O)(C(F)(F)F)C2. The normalized spacial score (nSPS) is 34.8. The van der Waals surface area contributed by atoms with Crippen molar-refractivity contribution in [2.24, 2.45) is 0 Å². The lowest BCUT2D eigenvalue weighted by atomic mass is 9.84. The maximum absolute atomic E-state index is 12.9. The fourth-order valence-corrected chi connectivity index (χ4v) is 2.94. The van der Waals surface area contributed by atoms with Crippen LogP contribution in [0, 0.1) is 0 Å². The van der Waals surface area contributed by atoms with Crippen LogP contribution in [0.3, 0.4) is 0 Å². The number of fused-ring (bicyclic) bond motifs is 2. The third kappa shape index (κ3) is 2.28. The molecule has 7 heteroatoms. The van der Waals surface area contributed by atoms with Crippen molar-refractivity contribution in [3.05, 3.63) is 0 Å². The van der Waals surface area contributed by atoms with Gasteiger partial charge in [0, 0.05) is 12.5 Å². The number of nitrogens with zero attached hydrogens (tertiary/aromatic N) is 1. The van der Waals surface area contributed by atoms with Crippen molar-refractivity contribution in [2.45, 2.75) is 69.5 Å². The molecule has 0 saturated carbocycles. The van der Waals surface area contributed by atoms with Crippen molar-refractivity contribution in [3.8, 4) is 0 Å². The van der Waals surface area contributed by atoms with Gasteiger partial charge in [-0.1, -0.05) is 0 Å². The highest BCUT2D eigenvalue weighted by Gasteiger charge is 2.69. The molecule has 0 aromatic heterocycles. The summed E-state index contributed by atoms with van der Waals surface area (Å²) in [7, 11) is 0. The number of amides is 1. The molecule has 2 aliphatic rings. The van der Waals surface area contributed by atoms with Crippen LogP contribution in [0.1, 0.15) is 40.0 Å². The van der Waals surface area contributed by atoms with Crippen molar-refractivity contribution in [3.63, 3.8) is 0 Å². The summed E-state index contributed by atoms with van der Waals surface area (Å²) in [6, 6.07) is -1.82. The molecule has 0 aromatic carbocycles. The molecular weight excluding hydrogens is 263 g/mol. The molecule has 1 amide bonds. The minimum Gasteiger partial charge on any atom is -0.444 e. The van der Waals surface area contributed by atoms with Gasteiger partial charge in [-0.05, 0) is 33.6 Å². The molecule has 2 fully saturated rings. The second-order valence-electron chi connectivity index (χ2n) is 6.26. The highest BCUT2D eigenvalue weighted by molar-refractivity contribution is 5.70. The van der Waals surface area contributed by atoms with Crippen LogP contribution in [0.2, 0.25) is 0 Å². The van der Waals surface area contributed by atoms with Crippen molar-refractivity contribution in [2.75, 3.05) is 0 Å². The van der Waals surface area contributed by atoms with Crippen LogP contribution >= 0.6 is 0 Å². The van der Waals surface area contributed by atoms with E-state index in [2.05, 4.69) is 0 Å². The number of rotatable bonds is 0. The van der Waals surface area contributed by atoms with E-state index >= 15 is 0 Å². The first-order valence-electron chi connectivity index (χ1n) is 6.26. The van der Waals surface area contributed by atoms with Gasteiger partial charge in [0.25, 0.3) is 0 Å². The van der Waals surface area contributed by atoms with E-state index in [1.165, 1.54) is 0 Å². The van der Waals surface area contributed by atoms with Crippen molar-refractivity contribution in [1.29, 1.82) is 0 Å². The maximum Gasteiger partial charge on any atom is 0.419 e. The number of ether oxygens (including phenoxy) is 1. The number of halogens is 3. The molecule has 0 aromatic rings. The molecular formula is C12H18F3NO3. The standard InChI is InChI=1S/C12H18F3NO3/c1-10(2,3)19-9(17)16-7-4-5-8(16)11(18,6-7)12(13,14)15/h7-8,18H,4-6H2,1-3H3/t7-,8+,11+/m0/s1. The molecule has 0 unspecified atom stereocenters. The summed E-state index contributed by atoms with van der Waals surface area (Å²) >= 11 is 0. The Balaban J connectivity index is 2.20. The summed E-state index contributed by atoms with van der Waals surface area (Å²) in [4.78, 5) is 13.0. The van der Waals surface area contributed by atoms with Crippen molar-refractivity contribution in [1.82, 2.24) is 4.90 Å². The van der Waals surface area contributed by atoms with E-state index in [0.29, 0.717) is 6.42 Å². The lowest BCUT2D eigenvalue weighted by Gasteiger charge is -2.34. The van der Waals surface area contributed by atoms with Gasteiger partial charge in [0.2, 0.25) is 0 Å². The van der Waals surface area contributed by atoms with Gasteiger partial charge in [-0.15, -0.1) is 0 Å². The van der Waals surface area contributed by atoms with Gasteiger partial charge in [0.15, 0.2) is 5.60 Å². The lowest BCUT2D eigenvalue weighted by molar-refractivity contribution is -0.268. The maximum atomic E-state index is 12.9. The molecule has 0 radical (unpaired) electrons. The van der Waals surface area contributed by atoms with Crippen LogP contribution in [-0.2, 0) is 4.74 Å². The first-order chi connectivity index (χ1) is 8.46. The number of aliphatic hydroxyl groups is 1. The summed E-state index contributed by atoms with van der Waals surface area (Å²) in [5.74, 6) is 0. The summed E-state index contributed by atoms with van der Waals surface area (Å²) in [5.41, 5.74) is -3.57. The quantitative estimate of drug-likeness (QED) is 0.742. The molecule has 110 valence electrons. The average Bonchev–Trinajstić information content (AvgIpc) is 2.68. The Bertz CT molecular complexity index is 391. The molecule has 3 atom stereocenters. The number of hydrogen-bond donors (Lipinski definition) is 1. The summed E-state index contributed by atoms with van der Waals surface area (Å²) in [6.45, 7) is 4.95. The topological polar surface area (TPSA) is 49.8 Å². The third-order valence-electron chi connectivity index (χ3n) is 3.70. The summed E-state index contributed by atoms with van der Waals surface area (Å²) < 4.78 is 44.0. The molecule has 19 heavy (non-hydrogen) atoms. The molecule has 2 aliphatic heterocycles. The number of carbonyl (C=O) groups is 1. The first-order valence-corrected chi connectivity index (χ1v) is 6.26. The van der Waals surface area contributed by atoms with E-state index in [1.54, 1.807) is 20.8 Å². The molecule has 1 N–H and O–H groups in total. The molecule has 2 saturated heterocycles. The second kappa shape index (κ2) is 4.01. The van der Waals surface area contributed by atoms with Gasteiger partial charge in [-0.2, -0.15) is 13.2 Å². The zero-order valence-corrected chi connectivity index (χ0v) is 11.1. The zero-order valence-electron chi connectivity index (χ0n) is 11.1. The van der Waals surface area contributed by atoms with Crippen molar-refractivity contribution < 1.29 is 27.8 Å². The first kappa shape index (κ1) is 14.4. The Hall–Kier alpha value is -0.980. The van der Waals surface area contributed by atoms with Gasteiger partial charge < -0.3 is 9.84 Å². The minimum atomic E-state index is -4.73. The fourth-order valence-electron chi connectivity index (χ4n) is 2.94. The molecule has 2 rings (SSSR count). The molecule has 4 nitrogen and oxygen atoms in total. The summed E-state index contributed by atoms with van der Waals surface area (Å²) in [5, 5.41) is 9.86. The fraction of sp³-hybridized carbons (Fsp3) is 0.917. The van der Waals surface area contributed by atoms with Gasteiger partial charge in [-0.3, -0.25) is 4.90 Å². The predicted octanol–water partition coefficient (Wildman–Crippen LogP) is 2.45. The average molecular weight is 281 g/mol. The highest BCUT2D eigenvalue weighted by Crippen LogP contribution is 2.51. The van der Waals surface area contributed by atoms with E-state index in [-0.39, 0.29) is 6.42 Å². The van der Waals surface area contributed by atoms with E-state index in [0.717, 1.165) is 4.90 Å². The van der Waals surface area contributed by atoms with Crippen LogP contribution in [0.4, 0.5) is 18.0 Å². The molecule has 0 aliphatic carbocycles. The zero-order chi connectivity index (χ0) is 14.6. The largest absolute Gasteiger partial charge is 0.444 e. The lowest BCUT2D eigenvalue weighted by Crippen LogP contribution is -2.55. The molecule has 2 heterocycles. The van der Waals surface area contributed by atoms with Crippen LogP contribution in [-0.4, -0.2) is 45.6 Å². The van der Waals surface area contributed by atoms with Crippen LogP contribution in [0.25, 0.3) is 0 Å². The Morgan fingerprint density at radius 2 is 1.89 bits per heavy atom. The Morgan fingerprint density at radius 3 is 2.32 bits per heavy atom. The van der Waals surface area contributed by atoms with Gasteiger partial charge >= 0.3 is 12.3 Å². The van der Waals surface area contributed by atoms with E-state index in [9.17, 15) is 23.1 Å². The minimum absolute atomic E-state index is 0.153. The monoisotopic (exact) mass is 281 g/mol. The van der Waals surface area contributed by atoms with Gasteiger partial charge in [0.1, 0.15) is 5.60 Å². The third-order valence-corrected chi connectivity index (χ3v) is 3.70. The van der Waals surface area contributed by atoms with Gasteiger partial charge in [-0.25, -0.2) is 4.79 Å². The second-order valence-corrected chi connectivity index (χ2v) is 6.26. The van der Waals surface area contributed by atoms with E-state index in [1.807, 2.05) is 0 Å². The van der Waals surface area contributed by atoms with Crippen molar-refractivity contribution >= 4 is 6.09 Å². The Kier molecular flexibility index (Phi) is 3.04. The van der Waals surface area contributed by atoms with E-state index < -0.39 is 42.0 Å². The van der Waals surface area contributed by atoms with E-state index in [4.69, 9.17) is 4.74 Å². The number of hydrogen-bond acceptors (Lipinski definition) is 3. The Labute approximate surface area is 109 Å². The van der Waals surface area contributed by atoms with Crippen LogP contribution in [0.15, 0.2) is 0 Å². The number of carbonyl (C=O) groups excluding carboxylic acids is 1. The predicted molar refractivity (Wildman–Crippen MR) is 60.5 cm³/mol. The van der Waals surface area contributed by atoms with Crippen LogP contribution in [0.5, 0.6) is 0 Å². The number of alkyl halides is 3. The smallest absolute Gasteiger partial charge is 0.419 e. The Morgan fingerprint density at radius 1 is 1.32 bits per heavy atom. The molecule has 2 bridgehead atoms. The molecule has 0 spiro atoms. The van der Waals surface area contributed by atoms with Crippen LogP contribution < -0.4 is 0 Å². The van der Waals surface area contributed by atoms with Gasteiger partial charge in [0.05, 0.1) is 6.04 Å². The summed E-state index contributed by atoms with van der Waals surface area (Å²) in [6.07, 6.45) is -5.34. The highest BCUT2D eigenvalue weighted by atomic mass is 19.4.